The number of benzene rings is 9. The molecular weight excluding hydrogens is 723 g/mol. The molecule has 286 valence electrons. The molecule has 0 aliphatic heterocycles. The molecule has 0 amide bonds. The number of hydrogen-bond acceptors (Lipinski definition) is 0. The fraction of sp³-hybridized carbons (Fsp3) is 0.0847. The van der Waals surface area contributed by atoms with Crippen LogP contribution in [-0.4, -0.2) is 4.57 Å². The van der Waals surface area contributed by atoms with Crippen LogP contribution in [0.5, 0.6) is 0 Å². The van der Waals surface area contributed by atoms with Gasteiger partial charge < -0.3 is 4.57 Å². The molecule has 2 unspecified atom stereocenters. The molecule has 1 heteroatoms. The monoisotopic (exact) mass is 767 g/mol. The smallest absolute Gasteiger partial charge is 0.0537 e. The molecule has 0 fully saturated rings. The third kappa shape index (κ3) is 6.00. The highest BCUT2D eigenvalue weighted by molar-refractivity contribution is 6.21. The van der Waals surface area contributed by atoms with E-state index in [9.17, 15) is 0 Å². The van der Waals surface area contributed by atoms with Gasteiger partial charge >= 0.3 is 0 Å². The summed E-state index contributed by atoms with van der Waals surface area (Å²) in [6, 6.07) is 71.9. The summed E-state index contributed by atoms with van der Waals surface area (Å²) in [5.41, 5.74) is 19.1. The second-order valence-electron chi connectivity index (χ2n) is 16.7. The second-order valence-corrected chi connectivity index (χ2v) is 16.7. The highest BCUT2D eigenvalue weighted by Gasteiger charge is 2.29. The maximum atomic E-state index is 2.42. The lowest BCUT2D eigenvalue weighted by molar-refractivity contribution is 0.671. The van der Waals surface area contributed by atoms with Crippen molar-refractivity contribution in [2.75, 3.05) is 0 Å². The Bertz CT molecular complexity index is 3180. The first kappa shape index (κ1) is 35.9. The summed E-state index contributed by atoms with van der Waals surface area (Å²) in [5.74, 6) is 0.632. The van der Waals surface area contributed by atoms with E-state index in [0.717, 1.165) is 0 Å². The standard InChI is InChI=1S/C59H45N/c1-38-35-39(2)37-47(36-38)43-25-31-46(32-26-43)59-52-17-9-7-15-50(52)58(51-16-8-10-18-53(51)59)45-29-23-42(24-30-45)41-21-27-44(28-22-41)49-33-34-56-57(40(49)3)54-19-11-12-20-55(54)60(56)48-13-5-4-6-14-48/h4-37,40,49H,1-3H3. The molecule has 11 rings (SSSR count). The SMILES string of the molecule is Cc1cc(C)cc(-c2ccc(-c3c4ccccc4c(-c4ccc(-c5ccc(C6C=Cc7c(c8ccccc8n7-c7ccccc7)C6C)cc5)cc4)c4ccccc34)cc2)c1. The Labute approximate surface area is 352 Å². The Morgan fingerprint density at radius 1 is 0.400 bits per heavy atom. The van der Waals surface area contributed by atoms with Crippen LogP contribution in [0.2, 0.25) is 0 Å². The van der Waals surface area contributed by atoms with Crippen molar-refractivity contribution in [2.24, 2.45) is 0 Å². The molecule has 0 bridgehead atoms. The number of fused-ring (bicyclic) bond motifs is 5. The summed E-state index contributed by atoms with van der Waals surface area (Å²) in [6.45, 7) is 6.74. The molecule has 1 aromatic heterocycles. The summed E-state index contributed by atoms with van der Waals surface area (Å²) in [4.78, 5) is 0. The summed E-state index contributed by atoms with van der Waals surface area (Å²) < 4.78 is 2.42. The predicted octanol–water partition coefficient (Wildman–Crippen LogP) is 16.1. The lowest BCUT2D eigenvalue weighted by Gasteiger charge is -2.27. The van der Waals surface area contributed by atoms with E-state index < -0.39 is 0 Å². The Morgan fingerprint density at radius 2 is 0.833 bits per heavy atom. The lowest BCUT2D eigenvalue weighted by atomic mass is 9.78. The van der Waals surface area contributed by atoms with Crippen LogP contribution in [0.4, 0.5) is 0 Å². The van der Waals surface area contributed by atoms with Crippen molar-refractivity contribution in [3.63, 3.8) is 0 Å². The average molecular weight is 768 g/mol. The lowest BCUT2D eigenvalue weighted by Crippen LogP contribution is -2.12. The van der Waals surface area contributed by atoms with Gasteiger partial charge in [0.25, 0.3) is 0 Å². The van der Waals surface area contributed by atoms with E-state index in [1.54, 1.807) is 0 Å². The van der Waals surface area contributed by atoms with E-state index >= 15 is 0 Å². The fourth-order valence-corrected chi connectivity index (χ4v) is 10.2. The van der Waals surface area contributed by atoms with Gasteiger partial charge in [-0.2, -0.15) is 0 Å². The number of hydrogen-bond donors (Lipinski definition) is 0. The first-order valence-electron chi connectivity index (χ1n) is 21.2. The Morgan fingerprint density at radius 3 is 1.37 bits per heavy atom. The molecule has 0 saturated heterocycles. The highest BCUT2D eigenvalue weighted by Crippen LogP contribution is 2.47. The molecule has 0 saturated carbocycles. The van der Waals surface area contributed by atoms with Crippen LogP contribution in [-0.2, 0) is 0 Å². The zero-order chi connectivity index (χ0) is 40.3. The van der Waals surface area contributed by atoms with Crippen molar-refractivity contribution < 1.29 is 0 Å². The minimum atomic E-state index is 0.295. The van der Waals surface area contributed by atoms with E-state index in [0.29, 0.717) is 11.8 Å². The molecule has 1 aliphatic rings. The van der Waals surface area contributed by atoms with Gasteiger partial charge in [0.15, 0.2) is 0 Å². The largest absolute Gasteiger partial charge is 0.310 e. The Hall–Kier alpha value is -7.22. The van der Waals surface area contributed by atoms with Crippen LogP contribution in [0.3, 0.4) is 0 Å². The van der Waals surface area contributed by atoms with Crippen LogP contribution < -0.4 is 0 Å². The van der Waals surface area contributed by atoms with Crippen LogP contribution in [0, 0.1) is 13.8 Å². The molecule has 10 aromatic rings. The number of allylic oxidation sites excluding steroid dienone is 1. The Kier molecular flexibility index (Phi) is 8.71. The van der Waals surface area contributed by atoms with Crippen molar-refractivity contribution in [2.45, 2.75) is 32.6 Å². The van der Waals surface area contributed by atoms with Crippen LogP contribution in [0.1, 0.15) is 46.7 Å². The molecule has 2 atom stereocenters. The maximum Gasteiger partial charge on any atom is 0.0537 e. The first-order chi connectivity index (χ1) is 29.5. The van der Waals surface area contributed by atoms with Gasteiger partial charge in [0.05, 0.1) is 11.2 Å². The van der Waals surface area contributed by atoms with Gasteiger partial charge in [-0.1, -0.05) is 200 Å². The van der Waals surface area contributed by atoms with Gasteiger partial charge in [0.2, 0.25) is 0 Å². The molecule has 1 aliphatic carbocycles. The van der Waals surface area contributed by atoms with Crippen molar-refractivity contribution in [1.82, 2.24) is 4.57 Å². The summed E-state index contributed by atoms with van der Waals surface area (Å²) >= 11 is 0. The molecule has 60 heavy (non-hydrogen) atoms. The third-order valence-corrected chi connectivity index (χ3v) is 12.9. The predicted molar refractivity (Wildman–Crippen MR) is 256 cm³/mol. The van der Waals surface area contributed by atoms with Gasteiger partial charge in [-0.3, -0.25) is 0 Å². The number of para-hydroxylation sites is 2. The zero-order valence-corrected chi connectivity index (χ0v) is 34.2. The van der Waals surface area contributed by atoms with Gasteiger partial charge in [-0.25, -0.2) is 0 Å². The van der Waals surface area contributed by atoms with E-state index in [4.69, 9.17) is 0 Å². The molecule has 9 aromatic carbocycles. The van der Waals surface area contributed by atoms with Gasteiger partial charge in [0.1, 0.15) is 0 Å². The quantitative estimate of drug-likeness (QED) is 0.149. The summed E-state index contributed by atoms with van der Waals surface area (Å²) in [7, 11) is 0. The number of nitrogens with zero attached hydrogens (tertiary/aromatic N) is 1. The van der Waals surface area contributed by atoms with Gasteiger partial charge in [0, 0.05) is 17.0 Å². The zero-order valence-electron chi connectivity index (χ0n) is 34.2. The molecule has 0 spiro atoms. The van der Waals surface area contributed by atoms with Crippen LogP contribution in [0.25, 0.3) is 88.7 Å². The van der Waals surface area contributed by atoms with Crippen molar-refractivity contribution in [1.29, 1.82) is 0 Å². The van der Waals surface area contributed by atoms with Crippen LogP contribution >= 0.6 is 0 Å². The van der Waals surface area contributed by atoms with Crippen molar-refractivity contribution in [3.05, 3.63) is 228 Å². The number of aryl methyl sites for hydroxylation is 2. The Balaban J connectivity index is 0.917. The number of rotatable bonds is 6. The van der Waals surface area contributed by atoms with E-state index in [1.807, 2.05) is 0 Å². The van der Waals surface area contributed by atoms with Crippen molar-refractivity contribution >= 4 is 38.5 Å². The normalized spacial score (nSPS) is 14.8. The second kappa shape index (κ2) is 14.6. The molecule has 0 radical (unpaired) electrons. The summed E-state index contributed by atoms with van der Waals surface area (Å²) in [6.07, 6.45) is 4.76. The van der Waals surface area contributed by atoms with E-state index in [1.165, 1.54) is 111 Å². The third-order valence-electron chi connectivity index (χ3n) is 12.9. The first-order valence-corrected chi connectivity index (χ1v) is 21.2. The minimum absolute atomic E-state index is 0.295. The minimum Gasteiger partial charge on any atom is -0.310 e. The van der Waals surface area contributed by atoms with Gasteiger partial charge in [-0.15, -0.1) is 0 Å². The fourth-order valence-electron chi connectivity index (χ4n) is 10.2. The molecule has 1 nitrogen and oxygen atoms in total. The van der Waals surface area contributed by atoms with E-state index in [2.05, 4.69) is 232 Å². The van der Waals surface area contributed by atoms with Crippen LogP contribution in [0.15, 0.2) is 200 Å². The average Bonchev–Trinajstić information content (AvgIpc) is 3.64. The molecule has 1 heterocycles. The van der Waals surface area contributed by atoms with Crippen molar-refractivity contribution in [3.8, 4) is 50.2 Å². The summed E-state index contributed by atoms with van der Waals surface area (Å²) in [5, 5.41) is 6.42. The molecular formula is C59H45N. The maximum absolute atomic E-state index is 2.42. The van der Waals surface area contributed by atoms with Gasteiger partial charge in [-0.05, 0) is 121 Å². The highest BCUT2D eigenvalue weighted by atomic mass is 15.0. The topological polar surface area (TPSA) is 4.93 Å². The molecule has 0 N–H and O–H groups in total. The van der Waals surface area contributed by atoms with E-state index in [-0.39, 0.29) is 0 Å². The number of aromatic nitrogens is 1.